The smallest absolute Gasteiger partial charge is 0.328 e. The zero-order chi connectivity index (χ0) is 13.9. The number of aryl methyl sites for hydroxylation is 1. The number of carbonyl (C=O) groups excluding carboxylic acids is 1. The Morgan fingerprint density at radius 2 is 2.17 bits per heavy atom. The van der Waals surface area contributed by atoms with Gasteiger partial charge < -0.3 is 15.3 Å². The van der Waals surface area contributed by atoms with Crippen molar-refractivity contribution in [2.45, 2.75) is 32.9 Å². The normalized spacial score (nSPS) is 11.1. The minimum absolute atomic E-state index is 0.415. The van der Waals surface area contributed by atoms with Gasteiger partial charge in [-0.2, -0.15) is 0 Å². The number of carbonyl (C=O) groups is 2. The minimum atomic E-state index is -1.28. The zero-order valence-corrected chi connectivity index (χ0v) is 11.7. The molecule has 6 nitrogen and oxygen atoms in total. The first kappa shape index (κ1) is 14.4. The fourth-order valence-corrected chi connectivity index (χ4v) is 2.01. The molecule has 0 saturated carbocycles. The van der Waals surface area contributed by atoms with Crippen LogP contribution in [-0.2, 0) is 11.3 Å². The molecule has 0 saturated heterocycles. The summed E-state index contributed by atoms with van der Waals surface area (Å²) in [4.78, 5) is 29.3. The molecule has 2 amide bonds. The number of urea groups is 1. The Bertz CT molecular complexity index is 456. The largest absolute Gasteiger partial charge is 0.480 e. The molecule has 1 rings (SSSR count). The number of hydrogen-bond acceptors (Lipinski definition) is 4. The van der Waals surface area contributed by atoms with Gasteiger partial charge >= 0.3 is 12.0 Å². The van der Waals surface area contributed by atoms with E-state index in [4.69, 9.17) is 5.11 Å². The van der Waals surface area contributed by atoms with Crippen LogP contribution < -0.4 is 5.32 Å². The molecule has 0 atom stereocenters. The molecule has 0 aliphatic heterocycles. The van der Waals surface area contributed by atoms with Gasteiger partial charge in [0.1, 0.15) is 5.54 Å². The van der Waals surface area contributed by atoms with Crippen molar-refractivity contribution in [3.05, 3.63) is 16.1 Å². The fraction of sp³-hybridized carbons (Fsp3) is 0.545. The van der Waals surface area contributed by atoms with Crippen LogP contribution in [0.15, 0.2) is 5.51 Å². The molecular weight excluding hydrogens is 254 g/mol. The first-order valence-corrected chi connectivity index (χ1v) is 6.27. The van der Waals surface area contributed by atoms with E-state index >= 15 is 0 Å². The molecule has 7 heteroatoms. The van der Waals surface area contributed by atoms with Crippen molar-refractivity contribution in [2.24, 2.45) is 0 Å². The molecule has 0 radical (unpaired) electrons. The quantitative estimate of drug-likeness (QED) is 0.868. The van der Waals surface area contributed by atoms with Gasteiger partial charge in [-0.3, -0.25) is 0 Å². The topological polar surface area (TPSA) is 82.5 Å². The number of hydrogen-bond donors (Lipinski definition) is 2. The van der Waals surface area contributed by atoms with Crippen LogP contribution in [-0.4, -0.2) is 39.6 Å². The third-order valence-corrected chi connectivity index (χ3v) is 3.45. The predicted octanol–water partition coefficient (Wildman–Crippen LogP) is 1.46. The van der Waals surface area contributed by atoms with Crippen molar-refractivity contribution in [3.63, 3.8) is 0 Å². The highest BCUT2D eigenvalue weighted by Crippen LogP contribution is 2.14. The van der Waals surface area contributed by atoms with E-state index in [1.165, 1.54) is 30.1 Å². The van der Waals surface area contributed by atoms with E-state index in [-0.39, 0.29) is 0 Å². The molecule has 0 aromatic carbocycles. The fourth-order valence-electron chi connectivity index (χ4n) is 1.18. The second-order valence-corrected chi connectivity index (χ2v) is 5.52. The molecule has 18 heavy (non-hydrogen) atoms. The van der Waals surface area contributed by atoms with Crippen molar-refractivity contribution in [3.8, 4) is 0 Å². The molecule has 100 valence electrons. The second-order valence-electron chi connectivity index (χ2n) is 4.58. The molecule has 0 fully saturated rings. The average Bonchev–Trinajstić information content (AvgIpc) is 2.63. The van der Waals surface area contributed by atoms with Gasteiger partial charge in [-0.15, -0.1) is 11.3 Å². The summed E-state index contributed by atoms with van der Waals surface area (Å²) in [5, 5.41) is 11.4. The van der Waals surface area contributed by atoms with Crippen molar-refractivity contribution in [1.82, 2.24) is 15.2 Å². The molecule has 0 spiro atoms. The van der Waals surface area contributed by atoms with Gasteiger partial charge in [0.25, 0.3) is 0 Å². The number of amides is 2. The molecule has 1 heterocycles. The summed E-state index contributed by atoms with van der Waals surface area (Å²) in [6, 6.07) is -0.421. The molecular formula is C11H17N3O3S. The van der Waals surface area contributed by atoms with Crippen molar-refractivity contribution in [1.29, 1.82) is 0 Å². The lowest BCUT2D eigenvalue weighted by atomic mass is 10.1. The number of carboxylic acids is 1. The summed E-state index contributed by atoms with van der Waals surface area (Å²) < 4.78 is 0. The van der Waals surface area contributed by atoms with Gasteiger partial charge in [0.05, 0.1) is 17.7 Å². The zero-order valence-electron chi connectivity index (χ0n) is 10.9. The number of rotatable bonds is 4. The lowest BCUT2D eigenvalue weighted by Gasteiger charge is -2.25. The number of thiazole rings is 1. The SMILES string of the molecule is Cc1ncsc1CN(C)C(=O)NC(C)(C)C(=O)O. The van der Waals surface area contributed by atoms with Gasteiger partial charge in [0.15, 0.2) is 0 Å². The molecule has 0 aliphatic rings. The summed E-state index contributed by atoms with van der Waals surface area (Å²) in [5.74, 6) is -1.07. The Balaban J connectivity index is 2.63. The molecule has 1 aromatic rings. The molecule has 2 N–H and O–H groups in total. The third kappa shape index (κ3) is 3.43. The minimum Gasteiger partial charge on any atom is -0.480 e. The van der Waals surface area contributed by atoms with Crippen LogP contribution in [0.3, 0.4) is 0 Å². The van der Waals surface area contributed by atoms with Crippen molar-refractivity contribution < 1.29 is 14.7 Å². The van der Waals surface area contributed by atoms with Gasteiger partial charge in [-0.1, -0.05) is 0 Å². The Hall–Kier alpha value is -1.63. The van der Waals surface area contributed by atoms with E-state index in [1.807, 2.05) is 6.92 Å². The second kappa shape index (κ2) is 5.34. The number of aliphatic carboxylic acids is 1. The van der Waals surface area contributed by atoms with Gasteiger partial charge in [-0.05, 0) is 20.8 Å². The standard InChI is InChI=1S/C11H17N3O3S/c1-7-8(18-6-12-7)5-14(4)10(17)13-11(2,3)9(15)16/h6H,5H2,1-4H3,(H,13,17)(H,15,16). The van der Waals surface area contributed by atoms with Gasteiger partial charge in [0, 0.05) is 11.9 Å². The number of nitrogens with zero attached hydrogens (tertiary/aromatic N) is 2. The number of carboxylic acid groups (broad SMARTS) is 1. The van der Waals surface area contributed by atoms with Gasteiger partial charge in [0.2, 0.25) is 0 Å². The van der Waals surface area contributed by atoms with Crippen LogP contribution >= 0.6 is 11.3 Å². The van der Waals surface area contributed by atoms with Crippen LogP contribution in [0.5, 0.6) is 0 Å². The third-order valence-electron chi connectivity index (χ3n) is 2.53. The highest BCUT2D eigenvalue weighted by molar-refractivity contribution is 7.09. The van der Waals surface area contributed by atoms with E-state index < -0.39 is 17.5 Å². The Morgan fingerprint density at radius 3 is 2.61 bits per heavy atom. The first-order chi connectivity index (χ1) is 8.24. The Kier molecular flexibility index (Phi) is 4.28. The van der Waals surface area contributed by atoms with Crippen molar-refractivity contribution >= 4 is 23.3 Å². The summed E-state index contributed by atoms with van der Waals surface area (Å²) in [5.41, 5.74) is 1.32. The summed E-state index contributed by atoms with van der Waals surface area (Å²) >= 11 is 1.47. The van der Waals surface area contributed by atoms with Crippen LogP contribution in [0.25, 0.3) is 0 Å². The van der Waals surface area contributed by atoms with Crippen LogP contribution in [0.1, 0.15) is 24.4 Å². The van der Waals surface area contributed by atoms with Crippen LogP contribution in [0.4, 0.5) is 4.79 Å². The lowest BCUT2D eigenvalue weighted by Crippen LogP contribution is -2.53. The molecule has 0 bridgehead atoms. The van der Waals surface area contributed by atoms with E-state index in [0.29, 0.717) is 6.54 Å². The summed E-state index contributed by atoms with van der Waals surface area (Å²) in [6.45, 7) is 5.18. The lowest BCUT2D eigenvalue weighted by molar-refractivity contribution is -0.143. The van der Waals surface area contributed by atoms with Gasteiger partial charge in [-0.25, -0.2) is 14.6 Å². The average molecular weight is 271 g/mol. The van der Waals surface area contributed by atoms with E-state index in [2.05, 4.69) is 10.3 Å². The molecule has 0 aliphatic carbocycles. The summed E-state index contributed by atoms with van der Waals surface area (Å²) in [7, 11) is 1.62. The maximum Gasteiger partial charge on any atom is 0.328 e. The molecule has 0 unspecified atom stereocenters. The van der Waals surface area contributed by atoms with E-state index in [1.54, 1.807) is 12.6 Å². The Labute approximate surface area is 110 Å². The number of aromatic nitrogens is 1. The molecule has 1 aromatic heterocycles. The van der Waals surface area contributed by atoms with Crippen LogP contribution in [0, 0.1) is 6.92 Å². The monoisotopic (exact) mass is 271 g/mol. The predicted molar refractivity (Wildman–Crippen MR) is 68.6 cm³/mol. The maximum atomic E-state index is 11.8. The van der Waals surface area contributed by atoms with Crippen LogP contribution in [0.2, 0.25) is 0 Å². The number of nitrogens with one attached hydrogen (secondary N) is 1. The van der Waals surface area contributed by atoms with E-state index in [9.17, 15) is 9.59 Å². The first-order valence-electron chi connectivity index (χ1n) is 5.39. The van der Waals surface area contributed by atoms with E-state index in [0.717, 1.165) is 10.6 Å². The highest BCUT2D eigenvalue weighted by Gasteiger charge is 2.30. The van der Waals surface area contributed by atoms with Crippen molar-refractivity contribution in [2.75, 3.05) is 7.05 Å². The Morgan fingerprint density at radius 1 is 1.56 bits per heavy atom. The maximum absolute atomic E-state index is 11.8. The summed E-state index contributed by atoms with van der Waals surface area (Å²) in [6.07, 6.45) is 0. The highest BCUT2D eigenvalue weighted by atomic mass is 32.1.